The van der Waals surface area contributed by atoms with Crippen LogP contribution in [0.25, 0.3) is 0 Å². The smallest absolute Gasteiger partial charge is 0.417 e. The first-order chi connectivity index (χ1) is 11.7. The quantitative estimate of drug-likeness (QED) is 0.843. The third kappa shape index (κ3) is 3.75. The van der Waals surface area contributed by atoms with E-state index in [4.69, 9.17) is 9.26 Å². The van der Waals surface area contributed by atoms with Crippen LogP contribution >= 0.6 is 0 Å². The van der Waals surface area contributed by atoms with E-state index in [1.165, 1.54) is 6.07 Å². The van der Waals surface area contributed by atoms with E-state index in [1.54, 1.807) is 18.7 Å². The summed E-state index contributed by atoms with van der Waals surface area (Å²) in [5.74, 6) is 0.651. The maximum atomic E-state index is 12.5. The lowest BCUT2D eigenvalue weighted by molar-refractivity contribution is -0.140. The molecule has 3 heterocycles. The fourth-order valence-corrected chi connectivity index (χ4v) is 2.52. The lowest BCUT2D eigenvalue weighted by Gasteiger charge is -2.38. The van der Waals surface area contributed by atoms with Crippen molar-refractivity contribution in [3.05, 3.63) is 40.9 Å². The number of likely N-dealkylation sites (tertiary alicyclic amines) is 1. The van der Waals surface area contributed by atoms with Crippen molar-refractivity contribution in [3.63, 3.8) is 0 Å². The number of amides is 1. The number of hydrogen-bond acceptors (Lipinski definition) is 5. The molecule has 1 amide bonds. The van der Waals surface area contributed by atoms with E-state index in [2.05, 4.69) is 10.1 Å². The van der Waals surface area contributed by atoms with Crippen LogP contribution in [0.15, 0.2) is 22.9 Å². The summed E-state index contributed by atoms with van der Waals surface area (Å²) in [6.07, 6.45) is -3.78. The minimum absolute atomic E-state index is 0.0744. The van der Waals surface area contributed by atoms with Crippen LogP contribution in [0.1, 0.15) is 22.6 Å². The van der Waals surface area contributed by atoms with Gasteiger partial charge in [-0.05, 0) is 19.9 Å². The number of hydrogen-bond donors (Lipinski definition) is 0. The van der Waals surface area contributed by atoms with Crippen molar-refractivity contribution >= 4 is 5.91 Å². The molecule has 6 nitrogen and oxygen atoms in total. The summed E-state index contributed by atoms with van der Waals surface area (Å²) in [5, 5.41) is 3.81. The van der Waals surface area contributed by atoms with E-state index < -0.39 is 11.7 Å². The van der Waals surface area contributed by atoms with E-state index >= 15 is 0 Å². The number of carbonyl (C=O) groups is 1. The molecule has 2 aromatic heterocycles. The highest BCUT2D eigenvalue weighted by Crippen LogP contribution is 2.29. The van der Waals surface area contributed by atoms with Crippen LogP contribution in [-0.4, -0.2) is 40.1 Å². The van der Waals surface area contributed by atoms with Crippen molar-refractivity contribution < 1.29 is 27.2 Å². The van der Waals surface area contributed by atoms with Gasteiger partial charge in [-0.25, -0.2) is 4.98 Å². The maximum absolute atomic E-state index is 12.5. The molecule has 2 aromatic rings. The minimum Gasteiger partial charge on any atom is -0.471 e. The van der Waals surface area contributed by atoms with Crippen molar-refractivity contribution in [1.29, 1.82) is 0 Å². The monoisotopic (exact) mass is 355 g/mol. The van der Waals surface area contributed by atoms with Gasteiger partial charge < -0.3 is 14.2 Å². The van der Waals surface area contributed by atoms with Crippen LogP contribution in [0.5, 0.6) is 5.88 Å². The van der Waals surface area contributed by atoms with Crippen LogP contribution in [0, 0.1) is 13.8 Å². The molecule has 0 bridgehead atoms. The highest BCUT2D eigenvalue weighted by atomic mass is 19.4. The van der Waals surface area contributed by atoms with Gasteiger partial charge in [-0.15, -0.1) is 0 Å². The Morgan fingerprint density at radius 1 is 1.36 bits per heavy atom. The molecule has 1 aliphatic rings. The lowest BCUT2D eigenvalue weighted by Crippen LogP contribution is -2.56. The average molecular weight is 355 g/mol. The van der Waals surface area contributed by atoms with Gasteiger partial charge >= 0.3 is 6.18 Å². The van der Waals surface area contributed by atoms with Gasteiger partial charge in [0.05, 0.1) is 30.8 Å². The largest absolute Gasteiger partial charge is 0.471 e. The zero-order valence-electron chi connectivity index (χ0n) is 13.6. The molecule has 3 rings (SSSR count). The van der Waals surface area contributed by atoms with Gasteiger partial charge in [-0.3, -0.25) is 4.79 Å². The van der Waals surface area contributed by atoms with Gasteiger partial charge in [0.1, 0.15) is 11.9 Å². The number of alkyl halides is 3. The summed E-state index contributed by atoms with van der Waals surface area (Å²) in [6.45, 7) is 4.26. The van der Waals surface area contributed by atoms with E-state index in [-0.39, 0.29) is 24.3 Å². The van der Waals surface area contributed by atoms with Gasteiger partial charge in [-0.1, -0.05) is 5.16 Å². The Hall–Kier alpha value is -2.58. The molecule has 0 saturated carbocycles. The second-order valence-electron chi connectivity index (χ2n) is 5.90. The standard InChI is InChI=1S/C16H16F3N3O3/c1-9-13(10(2)25-21-9)5-15(23)22-7-12(8-22)24-14-4-3-11(6-20-14)16(17,18)19/h3-4,6,12H,5,7-8H2,1-2H3. The molecule has 0 aromatic carbocycles. The predicted molar refractivity (Wildman–Crippen MR) is 79.9 cm³/mol. The highest BCUT2D eigenvalue weighted by molar-refractivity contribution is 5.80. The number of pyridine rings is 1. The summed E-state index contributed by atoms with van der Waals surface area (Å²) < 4.78 is 47.9. The Balaban J connectivity index is 1.50. The lowest BCUT2D eigenvalue weighted by atomic mass is 10.1. The number of aryl methyl sites for hydroxylation is 2. The first-order valence-electron chi connectivity index (χ1n) is 7.63. The normalized spacial score (nSPS) is 15.2. The second-order valence-corrected chi connectivity index (χ2v) is 5.90. The first-order valence-corrected chi connectivity index (χ1v) is 7.63. The minimum atomic E-state index is -4.43. The molecule has 0 spiro atoms. The van der Waals surface area contributed by atoms with Gasteiger partial charge in [0.25, 0.3) is 0 Å². The number of rotatable bonds is 4. The molecule has 25 heavy (non-hydrogen) atoms. The Morgan fingerprint density at radius 2 is 2.08 bits per heavy atom. The van der Waals surface area contributed by atoms with Crippen LogP contribution in [0.4, 0.5) is 13.2 Å². The Kier molecular flexibility index (Phi) is 4.40. The molecule has 134 valence electrons. The molecule has 1 saturated heterocycles. The molecule has 0 aliphatic carbocycles. The zero-order chi connectivity index (χ0) is 18.2. The fraction of sp³-hybridized carbons (Fsp3) is 0.438. The van der Waals surface area contributed by atoms with Gasteiger partial charge in [0, 0.05) is 17.8 Å². The van der Waals surface area contributed by atoms with E-state index in [1.807, 2.05) is 0 Å². The Morgan fingerprint density at radius 3 is 2.60 bits per heavy atom. The molecule has 9 heteroatoms. The maximum Gasteiger partial charge on any atom is 0.417 e. The number of carbonyl (C=O) groups excluding carboxylic acids is 1. The zero-order valence-corrected chi connectivity index (χ0v) is 13.6. The molecule has 1 aliphatic heterocycles. The van der Waals surface area contributed by atoms with Crippen molar-refractivity contribution in [3.8, 4) is 5.88 Å². The van der Waals surface area contributed by atoms with E-state index in [0.29, 0.717) is 24.5 Å². The number of halogens is 3. The topological polar surface area (TPSA) is 68.5 Å². The van der Waals surface area contributed by atoms with Crippen LogP contribution in [0.2, 0.25) is 0 Å². The SMILES string of the molecule is Cc1noc(C)c1CC(=O)N1CC(Oc2ccc(C(F)(F)F)cn2)C1. The number of aromatic nitrogens is 2. The van der Waals surface area contributed by atoms with Gasteiger partial charge in [0.15, 0.2) is 0 Å². The van der Waals surface area contributed by atoms with E-state index in [9.17, 15) is 18.0 Å². The predicted octanol–water partition coefficient (Wildman–Crippen LogP) is 2.54. The molecule has 0 N–H and O–H groups in total. The number of ether oxygens (including phenoxy) is 1. The van der Waals surface area contributed by atoms with Crippen molar-refractivity contribution in [2.75, 3.05) is 13.1 Å². The first kappa shape index (κ1) is 17.2. The average Bonchev–Trinajstić information content (AvgIpc) is 2.82. The third-order valence-electron chi connectivity index (χ3n) is 4.06. The summed E-state index contributed by atoms with van der Waals surface area (Å²) >= 11 is 0. The summed E-state index contributed by atoms with van der Waals surface area (Å²) in [7, 11) is 0. The van der Waals surface area contributed by atoms with Gasteiger partial charge in [-0.2, -0.15) is 13.2 Å². The molecule has 0 unspecified atom stereocenters. The molecule has 0 radical (unpaired) electrons. The Labute approximate surface area is 141 Å². The van der Waals surface area contributed by atoms with Crippen LogP contribution in [-0.2, 0) is 17.4 Å². The molecule has 0 atom stereocenters. The van der Waals surface area contributed by atoms with Crippen molar-refractivity contribution in [2.45, 2.75) is 32.5 Å². The summed E-state index contributed by atoms with van der Waals surface area (Å²) in [4.78, 5) is 17.5. The fourth-order valence-electron chi connectivity index (χ4n) is 2.52. The molecule has 1 fully saturated rings. The summed E-state index contributed by atoms with van der Waals surface area (Å²) in [6, 6.07) is 2.10. The highest BCUT2D eigenvalue weighted by Gasteiger charge is 2.34. The van der Waals surface area contributed by atoms with Crippen molar-refractivity contribution in [1.82, 2.24) is 15.0 Å². The second kappa shape index (κ2) is 6.38. The van der Waals surface area contributed by atoms with Crippen LogP contribution < -0.4 is 4.74 Å². The van der Waals surface area contributed by atoms with Crippen LogP contribution in [0.3, 0.4) is 0 Å². The van der Waals surface area contributed by atoms with E-state index in [0.717, 1.165) is 17.8 Å². The molecular weight excluding hydrogens is 339 g/mol. The molecular formula is C16H16F3N3O3. The third-order valence-corrected chi connectivity index (χ3v) is 4.06. The summed E-state index contributed by atoms with van der Waals surface area (Å²) in [5.41, 5.74) is 0.636. The Bertz CT molecular complexity index is 746. The van der Waals surface area contributed by atoms with Gasteiger partial charge in [0.2, 0.25) is 11.8 Å². The number of nitrogens with zero attached hydrogens (tertiary/aromatic N) is 3. The van der Waals surface area contributed by atoms with Crippen molar-refractivity contribution in [2.24, 2.45) is 0 Å².